The van der Waals surface area contributed by atoms with Gasteiger partial charge in [0.1, 0.15) is 17.6 Å². The lowest BCUT2D eigenvalue weighted by molar-refractivity contribution is 1.04. The van der Waals surface area contributed by atoms with Crippen LogP contribution in [0, 0.1) is 27.7 Å². The monoisotopic (exact) mass is 524 g/mol. The van der Waals surface area contributed by atoms with Crippen molar-refractivity contribution >= 4 is 38.3 Å². The number of hydrogen-bond acceptors (Lipinski definition) is 0. The van der Waals surface area contributed by atoms with Crippen LogP contribution in [0.4, 0.5) is 0 Å². The molecule has 1 atom stereocenters. The average molecular weight is 525 g/mol. The summed E-state index contributed by atoms with van der Waals surface area (Å²) in [5.41, 5.74) is 7.35. The molecule has 188 valence electrons. The summed E-state index contributed by atoms with van der Waals surface area (Å²) in [7, 11) is -2.18. The van der Waals surface area contributed by atoms with Crippen LogP contribution in [0.25, 0.3) is 0 Å². The summed E-state index contributed by atoms with van der Waals surface area (Å²) in [6.45, 7) is 8.98. The van der Waals surface area contributed by atoms with E-state index >= 15 is 0 Å². The first-order valence-corrected chi connectivity index (χ1v) is 16.8. The van der Waals surface area contributed by atoms with Crippen molar-refractivity contribution in [2.45, 2.75) is 39.3 Å². The van der Waals surface area contributed by atoms with Crippen LogP contribution in [0.1, 0.15) is 33.4 Å². The zero-order valence-electron chi connectivity index (χ0n) is 22.9. The van der Waals surface area contributed by atoms with Gasteiger partial charge in [-0.05, 0) is 44.8 Å². The Kier molecular flexibility index (Phi) is 8.21. The molecule has 0 N–H and O–H groups in total. The molecule has 0 bridgehead atoms. The Morgan fingerprint density at radius 3 is 1.21 bits per heavy atom. The van der Waals surface area contributed by atoms with Gasteiger partial charge in [-0.25, -0.2) is 0 Å². The number of aryl methyl sites for hydroxylation is 4. The minimum atomic E-state index is -1.11. The molecule has 1 unspecified atom stereocenters. The molecule has 0 nitrogen and oxygen atoms in total. The third kappa shape index (κ3) is 6.15. The van der Waals surface area contributed by atoms with Gasteiger partial charge in [-0.2, -0.15) is 0 Å². The quantitative estimate of drug-likeness (QED) is 0.213. The summed E-state index contributed by atoms with van der Waals surface area (Å²) < 4.78 is 0. The first-order chi connectivity index (χ1) is 18.5. The second-order valence-electron chi connectivity index (χ2n) is 10.5. The van der Waals surface area contributed by atoms with Gasteiger partial charge in [-0.3, -0.25) is 0 Å². The third-order valence-corrected chi connectivity index (χ3v) is 13.6. The van der Waals surface area contributed by atoms with Crippen LogP contribution >= 0.6 is 0 Å². The molecule has 0 aliphatic heterocycles. The molecule has 0 fully saturated rings. The maximum Gasteiger partial charge on any atom is 0.128 e. The highest BCUT2D eigenvalue weighted by molar-refractivity contribution is 6.90. The highest BCUT2D eigenvalue weighted by Gasteiger charge is 2.33. The van der Waals surface area contributed by atoms with Crippen molar-refractivity contribution in [3.63, 3.8) is 0 Å². The van der Waals surface area contributed by atoms with E-state index in [0.29, 0.717) is 5.54 Å². The van der Waals surface area contributed by atoms with Gasteiger partial charge in [0.05, 0.1) is 0 Å². The molecule has 38 heavy (non-hydrogen) atoms. The van der Waals surface area contributed by atoms with Crippen LogP contribution in [-0.4, -0.2) is 17.6 Å². The van der Waals surface area contributed by atoms with Gasteiger partial charge in [0.2, 0.25) is 0 Å². The predicted octanol–water partition coefficient (Wildman–Crippen LogP) is 6.16. The Hall–Kier alpha value is -3.47. The van der Waals surface area contributed by atoms with E-state index in [1.54, 1.807) is 0 Å². The third-order valence-electron chi connectivity index (χ3n) is 7.27. The van der Waals surface area contributed by atoms with Crippen LogP contribution < -0.4 is 20.7 Å². The maximum absolute atomic E-state index is 2.46. The normalized spacial score (nSPS) is 12.2. The van der Waals surface area contributed by atoms with Crippen molar-refractivity contribution in [3.05, 3.63) is 155 Å². The maximum atomic E-state index is 2.46. The molecule has 5 rings (SSSR count). The van der Waals surface area contributed by atoms with Crippen LogP contribution in [0.2, 0.25) is 6.04 Å². The minimum Gasteiger partial charge on any atom is -0.0628 e. The molecule has 0 aliphatic carbocycles. The standard InChI is InChI=1S/C36H36Si2/c1-27-20-28(2)23-34(22-27)37(35-24-29(3)21-30(4)25-35)26-36(31-14-8-5-9-15-31)38(32-16-10-6-11-17-32)33-18-12-7-13-19-33/h5-25,36H,26H2,1-4H3. The second kappa shape index (κ2) is 11.9. The average Bonchev–Trinajstić information content (AvgIpc) is 2.91. The van der Waals surface area contributed by atoms with E-state index in [-0.39, 0.29) is 0 Å². The van der Waals surface area contributed by atoms with E-state index in [1.165, 1.54) is 54.6 Å². The van der Waals surface area contributed by atoms with Gasteiger partial charge in [0.25, 0.3) is 0 Å². The lowest BCUT2D eigenvalue weighted by atomic mass is 10.1. The first kappa shape index (κ1) is 26.2. The van der Waals surface area contributed by atoms with Crippen molar-refractivity contribution in [3.8, 4) is 0 Å². The molecule has 0 aliphatic rings. The molecular formula is C36H36Si2. The van der Waals surface area contributed by atoms with Crippen molar-refractivity contribution < 1.29 is 0 Å². The van der Waals surface area contributed by atoms with E-state index in [4.69, 9.17) is 0 Å². The molecule has 5 aromatic carbocycles. The lowest BCUT2D eigenvalue weighted by Gasteiger charge is -2.31. The molecule has 0 aromatic heterocycles. The van der Waals surface area contributed by atoms with Crippen molar-refractivity contribution in [2.75, 3.05) is 0 Å². The SMILES string of the molecule is Cc1cc(C)cc([Si](CC(c2ccccc2)[Si](c2ccccc2)c2ccccc2)c2cc(C)cc(C)c2)c1. The first-order valence-electron chi connectivity index (χ1n) is 13.5. The summed E-state index contributed by atoms with van der Waals surface area (Å²) in [6, 6.07) is 49.5. The van der Waals surface area contributed by atoms with E-state index in [0.717, 1.165) is 0 Å². The summed E-state index contributed by atoms with van der Waals surface area (Å²) >= 11 is 0. The van der Waals surface area contributed by atoms with Gasteiger partial charge in [0, 0.05) is 0 Å². The second-order valence-corrected chi connectivity index (χ2v) is 15.7. The summed E-state index contributed by atoms with van der Waals surface area (Å²) in [4.78, 5) is 0. The van der Waals surface area contributed by atoms with Gasteiger partial charge < -0.3 is 0 Å². The Morgan fingerprint density at radius 2 is 0.816 bits per heavy atom. The van der Waals surface area contributed by atoms with Crippen LogP contribution in [0.15, 0.2) is 127 Å². The van der Waals surface area contributed by atoms with Crippen LogP contribution in [-0.2, 0) is 0 Å². The van der Waals surface area contributed by atoms with E-state index in [9.17, 15) is 0 Å². The molecule has 0 saturated carbocycles. The Balaban J connectivity index is 1.71. The Labute approximate surface area is 232 Å². The van der Waals surface area contributed by atoms with Crippen molar-refractivity contribution in [1.29, 1.82) is 0 Å². The summed E-state index contributed by atoms with van der Waals surface area (Å²) in [6.07, 6.45) is 0. The van der Waals surface area contributed by atoms with Crippen molar-refractivity contribution in [2.24, 2.45) is 0 Å². The minimum absolute atomic E-state index is 0.446. The van der Waals surface area contributed by atoms with Crippen LogP contribution in [0.3, 0.4) is 0 Å². The largest absolute Gasteiger partial charge is 0.128 e. The van der Waals surface area contributed by atoms with Gasteiger partial charge >= 0.3 is 0 Å². The fraction of sp³-hybridized carbons (Fsp3) is 0.167. The molecule has 0 heterocycles. The molecule has 0 amide bonds. The van der Waals surface area contributed by atoms with E-state index in [2.05, 4.69) is 155 Å². The summed E-state index contributed by atoms with van der Waals surface area (Å²) in [5, 5.41) is 6.03. The molecule has 0 saturated heterocycles. The van der Waals surface area contributed by atoms with Gasteiger partial charge in [-0.15, -0.1) is 0 Å². The highest BCUT2D eigenvalue weighted by Crippen LogP contribution is 2.26. The Bertz CT molecular complexity index is 1350. The smallest absolute Gasteiger partial charge is 0.0628 e. The van der Waals surface area contributed by atoms with E-state index < -0.39 is 17.6 Å². The number of hydrogen-bond donors (Lipinski definition) is 0. The van der Waals surface area contributed by atoms with Crippen LogP contribution in [0.5, 0.6) is 0 Å². The summed E-state index contributed by atoms with van der Waals surface area (Å²) in [5.74, 6) is 0. The lowest BCUT2D eigenvalue weighted by Crippen LogP contribution is -2.52. The molecule has 0 spiro atoms. The highest BCUT2D eigenvalue weighted by atomic mass is 28.3. The number of rotatable bonds is 8. The Morgan fingerprint density at radius 1 is 0.447 bits per heavy atom. The molecule has 2 radical (unpaired) electrons. The topological polar surface area (TPSA) is 0 Å². The number of benzene rings is 5. The molecule has 5 aromatic rings. The van der Waals surface area contributed by atoms with Gasteiger partial charge in [0.15, 0.2) is 0 Å². The zero-order valence-corrected chi connectivity index (χ0v) is 24.9. The fourth-order valence-electron chi connectivity index (χ4n) is 5.78. The fourth-order valence-corrected chi connectivity index (χ4v) is 13.0. The molecular weight excluding hydrogens is 489 g/mol. The molecule has 2 heteroatoms. The predicted molar refractivity (Wildman–Crippen MR) is 169 cm³/mol. The van der Waals surface area contributed by atoms with Crippen molar-refractivity contribution in [1.82, 2.24) is 0 Å². The zero-order chi connectivity index (χ0) is 26.5. The van der Waals surface area contributed by atoms with E-state index in [1.807, 2.05) is 0 Å². The van der Waals surface area contributed by atoms with Gasteiger partial charge in [-0.1, -0.05) is 170 Å².